The standard InChI is InChI=1S/C20H32N2O2S/c1-15-12-16(2)14-22(13-15)11-5-10-21-20(23)17(3)25-19-8-6-18(24-4)7-9-19/h6-9,15-17H,5,10-14H2,1-4H3,(H,21,23)/t15-,16+,17-/m0/s1. The summed E-state index contributed by atoms with van der Waals surface area (Å²) in [5, 5.41) is 2.98. The number of methoxy groups -OCH3 is 1. The van der Waals surface area contributed by atoms with Crippen molar-refractivity contribution in [1.29, 1.82) is 0 Å². The molecule has 1 aliphatic heterocycles. The molecule has 0 aromatic heterocycles. The van der Waals surface area contributed by atoms with Gasteiger partial charge in [-0.15, -0.1) is 11.8 Å². The zero-order chi connectivity index (χ0) is 18.2. The van der Waals surface area contributed by atoms with Crippen LogP contribution < -0.4 is 10.1 Å². The molecule has 2 rings (SSSR count). The number of thioether (sulfide) groups is 1. The van der Waals surface area contributed by atoms with Crippen molar-refractivity contribution in [2.24, 2.45) is 11.8 Å². The van der Waals surface area contributed by atoms with Crippen molar-refractivity contribution in [3.8, 4) is 5.75 Å². The lowest BCUT2D eigenvalue weighted by molar-refractivity contribution is -0.120. The molecule has 0 aliphatic carbocycles. The Kier molecular flexibility index (Phi) is 8.10. The Hall–Kier alpha value is -1.20. The molecular formula is C20H32N2O2S. The summed E-state index contributed by atoms with van der Waals surface area (Å²) in [7, 11) is 1.66. The summed E-state index contributed by atoms with van der Waals surface area (Å²) in [5.74, 6) is 2.53. The number of rotatable bonds is 8. The Morgan fingerprint density at radius 2 is 1.92 bits per heavy atom. The third-order valence-corrected chi connectivity index (χ3v) is 5.75. The number of hydrogen-bond donors (Lipinski definition) is 1. The van der Waals surface area contributed by atoms with E-state index < -0.39 is 0 Å². The number of benzene rings is 1. The van der Waals surface area contributed by atoms with Gasteiger partial charge in [-0.3, -0.25) is 4.79 Å². The molecule has 0 radical (unpaired) electrons. The predicted octanol–water partition coefficient (Wildman–Crippen LogP) is 3.66. The largest absolute Gasteiger partial charge is 0.497 e. The minimum Gasteiger partial charge on any atom is -0.497 e. The smallest absolute Gasteiger partial charge is 0.233 e. The van der Waals surface area contributed by atoms with Gasteiger partial charge in [-0.25, -0.2) is 0 Å². The summed E-state index contributed by atoms with van der Waals surface area (Å²) >= 11 is 1.58. The predicted molar refractivity (Wildman–Crippen MR) is 105 cm³/mol. The fourth-order valence-electron chi connectivity index (χ4n) is 3.54. The van der Waals surface area contributed by atoms with E-state index in [1.807, 2.05) is 31.2 Å². The molecule has 1 fully saturated rings. The van der Waals surface area contributed by atoms with Crippen molar-refractivity contribution >= 4 is 17.7 Å². The highest BCUT2D eigenvalue weighted by Crippen LogP contribution is 2.25. The molecule has 5 heteroatoms. The van der Waals surface area contributed by atoms with E-state index in [0.717, 1.165) is 42.0 Å². The summed E-state index contributed by atoms with van der Waals surface area (Å²) in [4.78, 5) is 15.9. The van der Waals surface area contributed by atoms with Gasteiger partial charge in [0.25, 0.3) is 0 Å². The molecule has 140 valence electrons. The third kappa shape index (κ3) is 6.90. The van der Waals surface area contributed by atoms with Crippen LogP contribution in [0.15, 0.2) is 29.2 Å². The van der Waals surface area contributed by atoms with E-state index in [2.05, 4.69) is 24.1 Å². The lowest BCUT2D eigenvalue weighted by Gasteiger charge is -2.34. The van der Waals surface area contributed by atoms with E-state index in [1.165, 1.54) is 19.5 Å². The summed E-state index contributed by atoms with van der Waals surface area (Å²) < 4.78 is 5.16. The summed E-state index contributed by atoms with van der Waals surface area (Å²) in [6.45, 7) is 10.9. The molecule has 4 nitrogen and oxygen atoms in total. The molecule has 1 N–H and O–H groups in total. The van der Waals surface area contributed by atoms with Crippen LogP contribution in [0.2, 0.25) is 0 Å². The van der Waals surface area contributed by atoms with E-state index in [9.17, 15) is 4.79 Å². The zero-order valence-corrected chi connectivity index (χ0v) is 16.8. The number of nitrogens with zero attached hydrogens (tertiary/aromatic N) is 1. The van der Waals surface area contributed by atoms with Crippen LogP contribution in [0.5, 0.6) is 5.75 Å². The quantitative estimate of drug-likeness (QED) is 0.565. The van der Waals surface area contributed by atoms with Gasteiger partial charge in [0.15, 0.2) is 0 Å². The van der Waals surface area contributed by atoms with Crippen molar-refractivity contribution in [3.05, 3.63) is 24.3 Å². The first kappa shape index (κ1) is 20.1. The SMILES string of the molecule is COc1ccc(S[C@@H](C)C(=O)NCCCN2C[C@H](C)C[C@H](C)C2)cc1. The van der Waals surface area contributed by atoms with E-state index >= 15 is 0 Å². The minimum atomic E-state index is -0.0940. The van der Waals surface area contributed by atoms with Crippen molar-refractivity contribution in [3.63, 3.8) is 0 Å². The maximum atomic E-state index is 12.3. The Morgan fingerprint density at radius 1 is 1.28 bits per heavy atom. The maximum Gasteiger partial charge on any atom is 0.233 e. The lowest BCUT2D eigenvalue weighted by Crippen LogP contribution is -2.40. The van der Waals surface area contributed by atoms with Crippen LogP contribution >= 0.6 is 11.8 Å². The summed E-state index contributed by atoms with van der Waals surface area (Å²) in [6.07, 6.45) is 2.36. The van der Waals surface area contributed by atoms with Crippen LogP contribution in [0.3, 0.4) is 0 Å². The van der Waals surface area contributed by atoms with Crippen LogP contribution in [-0.2, 0) is 4.79 Å². The first-order valence-electron chi connectivity index (χ1n) is 9.28. The number of hydrogen-bond acceptors (Lipinski definition) is 4. The Labute approximate surface area is 156 Å². The van der Waals surface area contributed by atoms with Crippen molar-refractivity contribution in [1.82, 2.24) is 10.2 Å². The third-order valence-electron chi connectivity index (χ3n) is 4.64. The molecule has 0 saturated carbocycles. The number of nitrogens with one attached hydrogen (secondary N) is 1. The van der Waals surface area contributed by atoms with Crippen LogP contribution in [0.4, 0.5) is 0 Å². The van der Waals surface area contributed by atoms with Gasteiger partial charge in [0.2, 0.25) is 5.91 Å². The molecule has 1 heterocycles. The van der Waals surface area contributed by atoms with Crippen LogP contribution in [0.25, 0.3) is 0 Å². The molecule has 1 saturated heterocycles. The van der Waals surface area contributed by atoms with E-state index in [-0.39, 0.29) is 11.2 Å². The zero-order valence-electron chi connectivity index (χ0n) is 16.0. The first-order chi connectivity index (χ1) is 12.0. The molecule has 0 bridgehead atoms. The Balaban J connectivity index is 1.65. The second-order valence-corrected chi connectivity index (χ2v) is 8.70. The fraction of sp³-hybridized carbons (Fsp3) is 0.650. The highest BCUT2D eigenvalue weighted by molar-refractivity contribution is 8.00. The van der Waals surface area contributed by atoms with E-state index in [4.69, 9.17) is 4.74 Å². The fourth-order valence-corrected chi connectivity index (χ4v) is 4.44. The Morgan fingerprint density at radius 3 is 2.52 bits per heavy atom. The minimum absolute atomic E-state index is 0.0940. The van der Waals surface area contributed by atoms with Gasteiger partial charge >= 0.3 is 0 Å². The summed E-state index contributed by atoms with van der Waals surface area (Å²) in [6, 6.07) is 7.83. The van der Waals surface area contributed by atoms with Crippen LogP contribution in [0.1, 0.15) is 33.6 Å². The first-order valence-corrected chi connectivity index (χ1v) is 10.2. The monoisotopic (exact) mass is 364 g/mol. The highest BCUT2D eigenvalue weighted by Gasteiger charge is 2.21. The van der Waals surface area contributed by atoms with Crippen LogP contribution in [0, 0.1) is 11.8 Å². The van der Waals surface area contributed by atoms with Gasteiger partial charge < -0.3 is 15.0 Å². The van der Waals surface area contributed by atoms with Crippen molar-refractivity contribution in [2.45, 2.75) is 43.8 Å². The molecule has 0 spiro atoms. The molecule has 3 atom stereocenters. The normalized spacial score (nSPS) is 22.4. The maximum absolute atomic E-state index is 12.3. The van der Waals surface area contributed by atoms with Gasteiger partial charge in [0.05, 0.1) is 12.4 Å². The summed E-state index contributed by atoms with van der Waals surface area (Å²) in [5.41, 5.74) is 0. The second-order valence-electron chi connectivity index (χ2n) is 7.29. The average Bonchev–Trinajstić information content (AvgIpc) is 2.58. The highest BCUT2D eigenvalue weighted by atomic mass is 32.2. The molecule has 0 unspecified atom stereocenters. The van der Waals surface area contributed by atoms with Gasteiger partial charge in [-0.05, 0) is 62.4 Å². The second kappa shape index (κ2) is 10.1. The average molecular weight is 365 g/mol. The van der Waals surface area contributed by atoms with Crippen molar-refractivity contribution < 1.29 is 9.53 Å². The number of carbonyl (C=O) groups excluding carboxylic acids is 1. The van der Waals surface area contributed by atoms with Gasteiger partial charge in [0.1, 0.15) is 5.75 Å². The van der Waals surface area contributed by atoms with Gasteiger partial charge in [-0.2, -0.15) is 0 Å². The number of ether oxygens (including phenoxy) is 1. The number of amides is 1. The van der Waals surface area contributed by atoms with E-state index in [0.29, 0.717) is 0 Å². The number of likely N-dealkylation sites (tertiary alicyclic amines) is 1. The molecule has 25 heavy (non-hydrogen) atoms. The van der Waals surface area contributed by atoms with Crippen LogP contribution in [-0.4, -0.2) is 49.3 Å². The van der Waals surface area contributed by atoms with Gasteiger partial charge in [-0.1, -0.05) is 13.8 Å². The van der Waals surface area contributed by atoms with Gasteiger partial charge in [0, 0.05) is 24.5 Å². The topological polar surface area (TPSA) is 41.6 Å². The Bertz CT molecular complexity index is 525. The number of carbonyl (C=O) groups is 1. The molecular weight excluding hydrogens is 332 g/mol. The molecule has 1 aliphatic rings. The molecule has 1 aromatic carbocycles. The molecule has 1 aromatic rings. The lowest BCUT2D eigenvalue weighted by atomic mass is 9.92. The van der Waals surface area contributed by atoms with E-state index in [1.54, 1.807) is 18.9 Å². The number of piperidine rings is 1. The molecule has 1 amide bonds. The van der Waals surface area contributed by atoms with Crippen molar-refractivity contribution in [2.75, 3.05) is 33.3 Å².